The zero-order chi connectivity index (χ0) is 19.8. The van der Waals surface area contributed by atoms with Gasteiger partial charge in [-0.05, 0) is 55.5 Å². The van der Waals surface area contributed by atoms with Crippen molar-refractivity contribution in [2.45, 2.75) is 38.5 Å². The summed E-state index contributed by atoms with van der Waals surface area (Å²) in [7, 11) is 0. The van der Waals surface area contributed by atoms with E-state index in [4.69, 9.17) is 5.11 Å². The van der Waals surface area contributed by atoms with Crippen LogP contribution in [0.15, 0.2) is 18.2 Å². The van der Waals surface area contributed by atoms with Crippen LogP contribution in [0.1, 0.15) is 58.6 Å². The van der Waals surface area contributed by atoms with Crippen molar-refractivity contribution in [2.24, 2.45) is 0 Å². The Hall–Kier alpha value is -3.22. The molecule has 0 spiro atoms. The van der Waals surface area contributed by atoms with Crippen LogP contribution in [0.25, 0.3) is 11.6 Å². The first kappa shape index (κ1) is 18.2. The molecule has 1 aromatic heterocycles. The molecule has 0 atom stereocenters. The molecule has 1 amide bonds. The summed E-state index contributed by atoms with van der Waals surface area (Å²) in [6.07, 6.45) is 4.44. The van der Waals surface area contributed by atoms with Crippen LogP contribution in [-0.2, 0) is 22.4 Å². The number of hydrogen-bond acceptors (Lipinski definition) is 3. The normalized spacial score (nSPS) is 17.2. The Morgan fingerprint density at radius 1 is 1.21 bits per heavy atom. The monoisotopic (exact) mass is 382 g/mol. The van der Waals surface area contributed by atoms with Gasteiger partial charge in [0.05, 0.1) is 5.57 Å². The minimum Gasteiger partial charge on any atom is -0.481 e. The van der Waals surface area contributed by atoms with Gasteiger partial charge in [0, 0.05) is 41.0 Å². The Morgan fingerprint density at radius 2 is 2.00 bits per heavy atom. The molecule has 28 heavy (non-hydrogen) atoms. The van der Waals surface area contributed by atoms with Crippen LogP contribution in [0.4, 0.5) is 10.1 Å². The van der Waals surface area contributed by atoms with E-state index >= 15 is 0 Å². The Kier molecular flexibility index (Phi) is 4.58. The molecule has 0 fully saturated rings. The quantitative estimate of drug-likeness (QED) is 0.556. The summed E-state index contributed by atoms with van der Waals surface area (Å²) in [4.78, 5) is 39.4. The van der Waals surface area contributed by atoms with Gasteiger partial charge < -0.3 is 15.4 Å². The summed E-state index contributed by atoms with van der Waals surface area (Å²) in [6, 6.07) is 4.06. The van der Waals surface area contributed by atoms with Crippen molar-refractivity contribution in [1.82, 2.24) is 4.98 Å². The van der Waals surface area contributed by atoms with Crippen LogP contribution in [0.3, 0.4) is 0 Å². The standard InChI is InChI=1S/C21H19FN2O4/c22-11-5-7-15-13(9-11)14(21(28)24-15)10-17-12(6-8-19(26)27)20-16(23-17)3-1-2-4-18(20)25/h5,7,9-10,23H,1-4,6,8H2,(H,24,28)(H,26,27)/b14-10-. The van der Waals surface area contributed by atoms with Crippen LogP contribution < -0.4 is 5.32 Å². The molecular formula is C21H19FN2O4. The Bertz CT molecular complexity index is 1040. The fourth-order valence-electron chi connectivity index (χ4n) is 3.92. The zero-order valence-corrected chi connectivity index (χ0v) is 15.1. The number of aromatic nitrogens is 1. The Labute approximate surface area is 160 Å². The number of hydrogen-bond donors (Lipinski definition) is 3. The molecule has 1 aliphatic heterocycles. The number of aliphatic carboxylic acids is 1. The number of ketones is 1. The Balaban J connectivity index is 1.84. The zero-order valence-electron chi connectivity index (χ0n) is 15.1. The molecule has 0 unspecified atom stereocenters. The maximum Gasteiger partial charge on any atom is 0.303 e. The molecule has 0 saturated carbocycles. The first-order chi connectivity index (χ1) is 13.4. The maximum atomic E-state index is 13.7. The van der Waals surface area contributed by atoms with Crippen molar-refractivity contribution in [3.63, 3.8) is 0 Å². The average Bonchev–Trinajstić information content (AvgIpc) is 3.07. The number of benzene rings is 1. The van der Waals surface area contributed by atoms with Crippen LogP contribution in [0.2, 0.25) is 0 Å². The van der Waals surface area contributed by atoms with Crippen LogP contribution >= 0.6 is 0 Å². The number of fused-ring (bicyclic) bond motifs is 2. The second-order valence-electron chi connectivity index (χ2n) is 7.10. The largest absolute Gasteiger partial charge is 0.481 e. The molecule has 4 rings (SSSR count). The number of aryl methyl sites for hydroxylation is 1. The summed E-state index contributed by atoms with van der Waals surface area (Å²) in [5.41, 5.74) is 3.77. The summed E-state index contributed by atoms with van der Waals surface area (Å²) in [5.74, 6) is -1.78. The highest BCUT2D eigenvalue weighted by atomic mass is 19.1. The molecule has 1 aromatic carbocycles. The van der Waals surface area contributed by atoms with Crippen molar-refractivity contribution < 1.29 is 23.9 Å². The van der Waals surface area contributed by atoms with Crippen molar-refractivity contribution in [3.8, 4) is 0 Å². The van der Waals surface area contributed by atoms with E-state index in [-0.39, 0.29) is 30.1 Å². The molecule has 3 N–H and O–H groups in total. The lowest BCUT2D eigenvalue weighted by Gasteiger charge is -2.04. The molecule has 6 nitrogen and oxygen atoms in total. The lowest BCUT2D eigenvalue weighted by atomic mass is 9.97. The maximum absolute atomic E-state index is 13.7. The topological polar surface area (TPSA) is 99.3 Å². The number of aromatic amines is 1. The van der Waals surface area contributed by atoms with Crippen molar-refractivity contribution in [2.75, 3.05) is 5.32 Å². The van der Waals surface area contributed by atoms with E-state index in [1.807, 2.05) is 0 Å². The molecule has 2 aliphatic rings. The van der Waals surface area contributed by atoms with Crippen LogP contribution in [0, 0.1) is 5.82 Å². The lowest BCUT2D eigenvalue weighted by Crippen LogP contribution is -2.06. The predicted octanol–water partition coefficient (Wildman–Crippen LogP) is 3.57. The fraction of sp³-hybridized carbons (Fsp3) is 0.286. The number of amides is 1. The van der Waals surface area contributed by atoms with E-state index in [1.165, 1.54) is 18.2 Å². The van der Waals surface area contributed by atoms with Gasteiger partial charge in [-0.1, -0.05) is 0 Å². The van der Waals surface area contributed by atoms with E-state index in [2.05, 4.69) is 10.3 Å². The minimum atomic E-state index is -0.958. The number of H-pyrrole nitrogens is 1. The van der Waals surface area contributed by atoms with Crippen LogP contribution in [-0.4, -0.2) is 27.8 Å². The molecular weight excluding hydrogens is 363 g/mol. The van der Waals surface area contributed by atoms with Crippen molar-refractivity contribution >= 4 is 35.0 Å². The van der Waals surface area contributed by atoms with E-state index < -0.39 is 11.8 Å². The number of anilines is 1. The van der Waals surface area contributed by atoms with E-state index in [0.717, 1.165) is 18.5 Å². The highest BCUT2D eigenvalue weighted by Gasteiger charge is 2.28. The third-order valence-corrected chi connectivity index (χ3v) is 5.22. The van der Waals surface area contributed by atoms with E-state index in [0.29, 0.717) is 40.9 Å². The van der Waals surface area contributed by atoms with E-state index in [9.17, 15) is 18.8 Å². The first-order valence-electron chi connectivity index (χ1n) is 9.25. The van der Waals surface area contributed by atoms with Crippen LogP contribution in [0.5, 0.6) is 0 Å². The average molecular weight is 382 g/mol. The summed E-state index contributed by atoms with van der Waals surface area (Å²) in [6.45, 7) is 0. The second-order valence-corrected chi connectivity index (χ2v) is 7.10. The highest BCUT2D eigenvalue weighted by molar-refractivity contribution is 6.35. The number of Topliss-reactive ketones (excluding diaryl/α,β-unsaturated/α-hetero) is 1. The molecule has 7 heteroatoms. The van der Waals surface area contributed by atoms with Gasteiger partial charge in [-0.3, -0.25) is 14.4 Å². The molecule has 2 heterocycles. The van der Waals surface area contributed by atoms with Crippen molar-refractivity contribution in [1.29, 1.82) is 0 Å². The fourth-order valence-corrected chi connectivity index (χ4v) is 3.92. The van der Waals surface area contributed by atoms with Gasteiger partial charge in [-0.15, -0.1) is 0 Å². The third kappa shape index (κ3) is 3.24. The van der Waals surface area contributed by atoms with Gasteiger partial charge in [0.1, 0.15) is 5.82 Å². The minimum absolute atomic E-state index is 0.00360. The number of rotatable bonds is 4. The third-order valence-electron chi connectivity index (χ3n) is 5.22. The van der Waals surface area contributed by atoms with Crippen molar-refractivity contribution in [3.05, 3.63) is 52.1 Å². The van der Waals surface area contributed by atoms with E-state index in [1.54, 1.807) is 6.08 Å². The van der Waals surface area contributed by atoms with Gasteiger partial charge in [0.2, 0.25) is 0 Å². The molecule has 0 bridgehead atoms. The number of nitrogens with one attached hydrogen (secondary N) is 2. The molecule has 0 radical (unpaired) electrons. The second kappa shape index (κ2) is 7.07. The summed E-state index contributed by atoms with van der Waals surface area (Å²) in [5, 5.41) is 11.8. The Morgan fingerprint density at radius 3 is 2.79 bits per heavy atom. The van der Waals surface area contributed by atoms with Gasteiger partial charge in [0.25, 0.3) is 5.91 Å². The number of carbonyl (C=O) groups is 3. The summed E-state index contributed by atoms with van der Waals surface area (Å²) < 4.78 is 13.7. The van der Waals surface area contributed by atoms with Gasteiger partial charge in [0.15, 0.2) is 5.78 Å². The lowest BCUT2D eigenvalue weighted by molar-refractivity contribution is -0.137. The van der Waals surface area contributed by atoms with Gasteiger partial charge in [-0.2, -0.15) is 0 Å². The highest BCUT2D eigenvalue weighted by Crippen LogP contribution is 2.35. The van der Waals surface area contributed by atoms with Gasteiger partial charge in [-0.25, -0.2) is 4.39 Å². The number of carboxylic acids is 1. The number of halogens is 1. The molecule has 0 saturated heterocycles. The first-order valence-corrected chi connectivity index (χ1v) is 9.25. The predicted molar refractivity (Wildman–Crippen MR) is 102 cm³/mol. The SMILES string of the molecule is O=C(O)CCc1c(/C=C2\C(=O)Nc3ccc(F)cc32)[nH]c2c1C(=O)CCCC2. The van der Waals surface area contributed by atoms with Gasteiger partial charge >= 0.3 is 5.97 Å². The number of carbonyl (C=O) groups excluding carboxylic acids is 2. The molecule has 1 aliphatic carbocycles. The summed E-state index contributed by atoms with van der Waals surface area (Å²) >= 11 is 0. The smallest absolute Gasteiger partial charge is 0.303 e. The number of carboxylic acid groups (broad SMARTS) is 1. The molecule has 2 aromatic rings. The molecule has 144 valence electrons.